The largest absolute Gasteiger partial charge is 0.456 e. The van der Waals surface area contributed by atoms with Gasteiger partial charge in [-0.05, 0) is 40.6 Å². The molecule has 0 spiro atoms. The Balaban J connectivity index is 1.89. The summed E-state index contributed by atoms with van der Waals surface area (Å²) in [5, 5.41) is 3.41. The fraction of sp³-hybridized carbons (Fsp3) is 0.182. The van der Waals surface area contributed by atoms with Crippen LogP contribution in [0.2, 0.25) is 0 Å². The van der Waals surface area contributed by atoms with Crippen LogP contribution in [-0.2, 0) is 5.41 Å². The second-order valence-corrected chi connectivity index (χ2v) is 7.59. The van der Waals surface area contributed by atoms with Crippen molar-refractivity contribution in [2.24, 2.45) is 0 Å². The third-order valence-corrected chi connectivity index (χ3v) is 4.88. The maximum atomic E-state index is 6.25. The number of ether oxygens (including phenoxy) is 1. The van der Waals surface area contributed by atoms with Gasteiger partial charge in [0, 0.05) is 29.4 Å². The van der Waals surface area contributed by atoms with E-state index in [1.807, 2.05) is 18.3 Å². The van der Waals surface area contributed by atoms with Gasteiger partial charge < -0.3 is 4.74 Å². The topological polar surface area (TPSA) is 35.0 Å². The van der Waals surface area contributed by atoms with Crippen molar-refractivity contribution in [2.75, 3.05) is 0 Å². The summed E-state index contributed by atoms with van der Waals surface area (Å²) in [5.41, 5.74) is 4.33. The molecular formula is C22H18N2O. The quantitative estimate of drug-likeness (QED) is 0.358. The molecule has 1 aliphatic rings. The average molecular weight is 326 g/mol. The van der Waals surface area contributed by atoms with Gasteiger partial charge in [-0.15, -0.1) is 0 Å². The van der Waals surface area contributed by atoms with Crippen LogP contribution < -0.4 is 4.74 Å². The Morgan fingerprint density at radius 1 is 0.880 bits per heavy atom. The zero-order valence-corrected chi connectivity index (χ0v) is 14.5. The first-order valence-electron chi connectivity index (χ1n) is 8.51. The van der Waals surface area contributed by atoms with E-state index in [9.17, 15) is 0 Å². The molecule has 1 aliphatic heterocycles. The summed E-state index contributed by atoms with van der Waals surface area (Å²) in [4.78, 5) is 9.15. The first kappa shape index (κ1) is 14.4. The molecule has 0 bridgehead atoms. The Hall–Kier alpha value is -2.94. The maximum Gasteiger partial charge on any atom is 0.139 e. The lowest BCUT2D eigenvalue weighted by atomic mass is 9.82. The fourth-order valence-corrected chi connectivity index (χ4v) is 3.70. The highest BCUT2D eigenvalue weighted by atomic mass is 16.5. The number of fused-ring (bicyclic) bond motifs is 3. The Labute approximate surface area is 146 Å². The van der Waals surface area contributed by atoms with Crippen LogP contribution in [0.3, 0.4) is 0 Å². The number of hydrogen-bond donors (Lipinski definition) is 0. The van der Waals surface area contributed by atoms with Crippen LogP contribution >= 0.6 is 0 Å². The van der Waals surface area contributed by atoms with E-state index in [1.165, 1.54) is 10.9 Å². The predicted molar refractivity (Wildman–Crippen MR) is 101 cm³/mol. The molecule has 0 aliphatic carbocycles. The first-order chi connectivity index (χ1) is 12.0. The van der Waals surface area contributed by atoms with Gasteiger partial charge in [-0.2, -0.15) is 0 Å². The molecule has 0 atom stereocenters. The van der Waals surface area contributed by atoms with Crippen LogP contribution in [0, 0.1) is 0 Å². The van der Waals surface area contributed by atoms with Crippen molar-refractivity contribution >= 4 is 21.7 Å². The molecule has 0 saturated carbocycles. The van der Waals surface area contributed by atoms with Crippen molar-refractivity contribution in [1.82, 2.24) is 9.97 Å². The van der Waals surface area contributed by atoms with E-state index in [0.717, 1.165) is 39.0 Å². The zero-order chi connectivity index (χ0) is 17.2. The molecule has 3 heteroatoms. The molecule has 0 fully saturated rings. The lowest BCUT2D eigenvalue weighted by Gasteiger charge is -2.26. The van der Waals surface area contributed by atoms with Gasteiger partial charge in [-0.3, -0.25) is 9.97 Å². The smallest absolute Gasteiger partial charge is 0.139 e. The van der Waals surface area contributed by atoms with E-state index >= 15 is 0 Å². The lowest BCUT2D eigenvalue weighted by molar-refractivity contribution is 0.486. The molecule has 5 rings (SSSR count). The van der Waals surface area contributed by atoms with Gasteiger partial charge in [0.1, 0.15) is 11.5 Å². The zero-order valence-electron chi connectivity index (χ0n) is 14.5. The number of rotatable bonds is 0. The molecule has 3 heterocycles. The van der Waals surface area contributed by atoms with Crippen LogP contribution in [0.5, 0.6) is 11.5 Å². The van der Waals surface area contributed by atoms with Gasteiger partial charge in [-0.1, -0.05) is 32.9 Å². The molecule has 0 unspecified atom stereocenters. The van der Waals surface area contributed by atoms with Crippen LogP contribution in [-0.4, -0.2) is 9.97 Å². The summed E-state index contributed by atoms with van der Waals surface area (Å²) >= 11 is 0. The fourth-order valence-electron chi connectivity index (χ4n) is 3.70. The molecule has 0 amide bonds. The van der Waals surface area contributed by atoms with Gasteiger partial charge in [0.25, 0.3) is 0 Å². The van der Waals surface area contributed by atoms with Gasteiger partial charge in [0.15, 0.2) is 0 Å². The molecular weight excluding hydrogens is 308 g/mol. The van der Waals surface area contributed by atoms with Crippen LogP contribution in [0.25, 0.3) is 32.9 Å². The van der Waals surface area contributed by atoms with E-state index in [0.29, 0.717) is 0 Å². The Morgan fingerprint density at radius 2 is 1.76 bits per heavy atom. The highest BCUT2D eigenvalue weighted by Crippen LogP contribution is 2.48. The van der Waals surface area contributed by atoms with E-state index < -0.39 is 0 Å². The van der Waals surface area contributed by atoms with Gasteiger partial charge in [0.05, 0.1) is 16.6 Å². The normalized spacial score (nSPS) is 12.9. The summed E-state index contributed by atoms with van der Waals surface area (Å²) in [5.74, 6) is 1.69. The third-order valence-electron chi connectivity index (χ3n) is 4.88. The van der Waals surface area contributed by atoms with Crippen molar-refractivity contribution in [3.63, 3.8) is 0 Å². The highest BCUT2D eigenvalue weighted by Gasteiger charge is 2.25. The SMILES string of the molecule is CC(C)(C)c1ccc2c3c(nccc13)-c1cc3cccnc3cc1O2. The Kier molecular flexibility index (Phi) is 2.76. The molecule has 122 valence electrons. The number of benzene rings is 2. The standard InChI is InChI=1S/C22H18N2O/c1-22(2,3)16-6-7-18-20-14(16)8-10-24-21(20)15-11-13-5-4-9-23-17(13)12-19(15)25-18/h4-12H,1-3H3. The van der Waals surface area contributed by atoms with Crippen LogP contribution in [0.15, 0.2) is 54.9 Å². The van der Waals surface area contributed by atoms with E-state index in [4.69, 9.17) is 9.72 Å². The van der Waals surface area contributed by atoms with Crippen molar-refractivity contribution in [1.29, 1.82) is 0 Å². The van der Waals surface area contributed by atoms with Gasteiger partial charge in [-0.25, -0.2) is 0 Å². The highest BCUT2D eigenvalue weighted by molar-refractivity contribution is 6.05. The number of nitrogens with zero attached hydrogens (tertiary/aromatic N) is 2. The summed E-state index contributed by atoms with van der Waals surface area (Å²) in [6, 6.07) is 14.5. The van der Waals surface area contributed by atoms with Crippen LogP contribution in [0.1, 0.15) is 26.3 Å². The van der Waals surface area contributed by atoms with E-state index in [2.05, 4.69) is 56.1 Å². The minimum atomic E-state index is 0.0603. The average Bonchev–Trinajstić information content (AvgIpc) is 2.59. The van der Waals surface area contributed by atoms with Crippen molar-refractivity contribution < 1.29 is 4.74 Å². The van der Waals surface area contributed by atoms with Crippen LogP contribution in [0.4, 0.5) is 0 Å². The summed E-state index contributed by atoms with van der Waals surface area (Å²) in [6.07, 6.45) is 3.71. The molecule has 3 nitrogen and oxygen atoms in total. The van der Waals surface area contributed by atoms with Crippen molar-refractivity contribution in [3.8, 4) is 22.8 Å². The van der Waals surface area contributed by atoms with Crippen molar-refractivity contribution in [2.45, 2.75) is 26.2 Å². The monoisotopic (exact) mass is 326 g/mol. The second kappa shape index (κ2) is 4.79. The summed E-state index contributed by atoms with van der Waals surface area (Å²) < 4.78 is 6.25. The van der Waals surface area contributed by atoms with E-state index in [-0.39, 0.29) is 5.41 Å². The number of hydrogen-bond acceptors (Lipinski definition) is 3. The van der Waals surface area contributed by atoms with Gasteiger partial charge >= 0.3 is 0 Å². The second-order valence-electron chi connectivity index (χ2n) is 7.59. The molecule has 2 aromatic carbocycles. The van der Waals surface area contributed by atoms with E-state index in [1.54, 1.807) is 6.20 Å². The van der Waals surface area contributed by atoms with Gasteiger partial charge in [0.2, 0.25) is 0 Å². The van der Waals surface area contributed by atoms with Crippen molar-refractivity contribution in [3.05, 3.63) is 60.4 Å². The summed E-state index contributed by atoms with van der Waals surface area (Å²) in [7, 11) is 0. The molecule has 25 heavy (non-hydrogen) atoms. The Morgan fingerprint density at radius 3 is 2.60 bits per heavy atom. The predicted octanol–water partition coefficient (Wildman–Crippen LogP) is 5.85. The first-order valence-corrected chi connectivity index (χ1v) is 8.51. The number of pyridine rings is 2. The molecule has 0 radical (unpaired) electrons. The minimum Gasteiger partial charge on any atom is -0.456 e. The number of aromatic nitrogens is 2. The minimum absolute atomic E-state index is 0.0603. The molecule has 0 saturated heterocycles. The molecule has 4 aromatic rings. The molecule has 0 N–H and O–H groups in total. The maximum absolute atomic E-state index is 6.25. The lowest BCUT2D eigenvalue weighted by Crippen LogP contribution is -2.12. The third kappa shape index (κ3) is 2.05. The Bertz CT molecular complexity index is 1160. The summed E-state index contributed by atoms with van der Waals surface area (Å²) in [6.45, 7) is 6.71. The molecule has 2 aromatic heterocycles.